The molecule has 6 nitrogen and oxygen atoms in total. The Balaban J connectivity index is 1.94. The lowest BCUT2D eigenvalue weighted by Crippen LogP contribution is -2.50. The Morgan fingerprint density at radius 3 is 3.06 bits per heavy atom. The summed E-state index contributed by atoms with van der Waals surface area (Å²) in [4.78, 5) is 4.19. The molecule has 86 valence electrons. The number of nitrogens with two attached hydrogens (primary N) is 1. The van der Waals surface area contributed by atoms with Crippen LogP contribution in [0.2, 0.25) is 0 Å². The first-order valence-electron chi connectivity index (χ1n) is 5.14. The van der Waals surface area contributed by atoms with Crippen LogP contribution in [0.5, 0.6) is 0 Å². The van der Waals surface area contributed by atoms with Crippen LogP contribution in [0.4, 0.5) is 0 Å². The van der Waals surface area contributed by atoms with Crippen LogP contribution in [-0.2, 0) is 5.79 Å². The number of hydrogen-bond acceptors (Lipinski definition) is 5. The average molecular weight is 229 g/mol. The lowest BCUT2D eigenvalue weighted by Gasteiger charge is -2.28. The van der Waals surface area contributed by atoms with E-state index in [1.54, 1.807) is 41.6 Å². The van der Waals surface area contributed by atoms with Crippen molar-refractivity contribution in [2.24, 2.45) is 10.7 Å². The van der Waals surface area contributed by atoms with Gasteiger partial charge in [-0.1, -0.05) is 0 Å². The second-order valence-corrected chi connectivity index (χ2v) is 3.65. The molecule has 0 fully saturated rings. The molecule has 3 rings (SSSR count). The third kappa shape index (κ3) is 1.64. The van der Waals surface area contributed by atoms with Crippen LogP contribution in [0, 0.1) is 0 Å². The average Bonchev–Trinajstić information content (AvgIpc) is 3.03. The highest BCUT2D eigenvalue weighted by molar-refractivity contribution is 5.80. The molecule has 2 aromatic heterocycles. The molecule has 17 heavy (non-hydrogen) atoms. The minimum atomic E-state index is -1.08. The molecule has 1 unspecified atom stereocenters. The number of rotatable bonds is 2. The predicted octanol–water partition coefficient (Wildman–Crippen LogP) is 0.718. The molecule has 0 aliphatic carbocycles. The molecule has 0 saturated heterocycles. The van der Waals surface area contributed by atoms with E-state index in [1.165, 1.54) is 0 Å². The van der Waals surface area contributed by atoms with E-state index >= 15 is 0 Å². The third-order valence-corrected chi connectivity index (χ3v) is 2.48. The van der Waals surface area contributed by atoms with Crippen molar-refractivity contribution in [1.29, 1.82) is 0 Å². The summed E-state index contributed by atoms with van der Waals surface area (Å²) in [5.41, 5.74) is 6.14. The van der Waals surface area contributed by atoms with Crippen LogP contribution in [0.25, 0.3) is 5.82 Å². The fraction of sp³-hybridized carbons (Fsp3) is 0.0909. The summed E-state index contributed by atoms with van der Waals surface area (Å²) in [5, 5.41) is 7.21. The van der Waals surface area contributed by atoms with E-state index in [-0.39, 0.29) is 0 Å². The molecule has 0 bridgehead atoms. The minimum absolute atomic E-state index is 0.548. The van der Waals surface area contributed by atoms with Crippen LogP contribution in [-0.4, -0.2) is 16.0 Å². The Kier molecular flexibility index (Phi) is 2.09. The molecule has 0 aromatic carbocycles. The maximum Gasteiger partial charge on any atom is 0.243 e. The van der Waals surface area contributed by atoms with Gasteiger partial charge in [0.05, 0.1) is 6.26 Å². The fourth-order valence-electron chi connectivity index (χ4n) is 1.66. The monoisotopic (exact) mass is 229 g/mol. The number of aliphatic imine (C=N–C) groups is 1. The van der Waals surface area contributed by atoms with Crippen molar-refractivity contribution < 1.29 is 4.42 Å². The van der Waals surface area contributed by atoms with Gasteiger partial charge in [0.15, 0.2) is 5.76 Å². The van der Waals surface area contributed by atoms with Gasteiger partial charge in [-0.3, -0.25) is 5.73 Å². The first kappa shape index (κ1) is 9.86. The zero-order valence-electron chi connectivity index (χ0n) is 8.95. The maximum absolute atomic E-state index is 6.14. The van der Waals surface area contributed by atoms with E-state index < -0.39 is 5.79 Å². The number of furan rings is 1. The lowest BCUT2D eigenvalue weighted by molar-refractivity contribution is 0.320. The lowest BCUT2D eigenvalue weighted by atomic mass is 10.2. The highest BCUT2D eigenvalue weighted by Crippen LogP contribution is 2.21. The summed E-state index contributed by atoms with van der Waals surface area (Å²) < 4.78 is 6.96. The van der Waals surface area contributed by atoms with Crippen molar-refractivity contribution in [2.45, 2.75) is 5.79 Å². The quantitative estimate of drug-likeness (QED) is 0.795. The van der Waals surface area contributed by atoms with Gasteiger partial charge in [0.1, 0.15) is 5.82 Å². The molecule has 1 aliphatic rings. The van der Waals surface area contributed by atoms with Gasteiger partial charge >= 0.3 is 0 Å². The SMILES string of the molecule is NC1(c2ccco2)N=CC=C(n2cccn2)N1. The Hall–Kier alpha value is -2.34. The van der Waals surface area contributed by atoms with Gasteiger partial charge in [-0.2, -0.15) is 5.10 Å². The van der Waals surface area contributed by atoms with Crippen LogP contribution in [0.1, 0.15) is 5.76 Å². The standard InChI is InChI=1S/C11H11N5O/c12-11(9-3-1-8-17-9)13-6-4-10(15-11)16-7-2-5-14-16/h1-8,15H,12H2. The summed E-state index contributed by atoms with van der Waals surface area (Å²) in [7, 11) is 0. The maximum atomic E-state index is 6.14. The van der Waals surface area contributed by atoms with E-state index in [0.717, 1.165) is 5.82 Å². The van der Waals surface area contributed by atoms with Crippen molar-refractivity contribution >= 4 is 12.0 Å². The molecule has 0 radical (unpaired) electrons. The first-order chi connectivity index (χ1) is 8.28. The molecule has 3 N–H and O–H groups in total. The Labute approximate surface area is 97.4 Å². The Morgan fingerprint density at radius 1 is 1.41 bits per heavy atom. The zero-order valence-corrected chi connectivity index (χ0v) is 8.95. The molecular formula is C11H11N5O. The largest absolute Gasteiger partial charge is 0.463 e. The van der Waals surface area contributed by atoms with Crippen LogP contribution in [0.3, 0.4) is 0 Å². The van der Waals surface area contributed by atoms with E-state index in [9.17, 15) is 0 Å². The number of nitrogens with zero attached hydrogens (tertiary/aromatic N) is 3. The van der Waals surface area contributed by atoms with Crippen LogP contribution >= 0.6 is 0 Å². The topological polar surface area (TPSA) is 81.4 Å². The number of aromatic nitrogens is 2. The molecule has 0 amide bonds. The summed E-state index contributed by atoms with van der Waals surface area (Å²) in [6, 6.07) is 5.38. The van der Waals surface area contributed by atoms with Crippen molar-refractivity contribution in [2.75, 3.05) is 0 Å². The van der Waals surface area contributed by atoms with Crippen LogP contribution in [0.15, 0.2) is 52.3 Å². The van der Waals surface area contributed by atoms with Crippen molar-refractivity contribution in [3.05, 3.63) is 48.7 Å². The summed E-state index contributed by atoms with van der Waals surface area (Å²) in [6.45, 7) is 0. The highest BCUT2D eigenvalue weighted by Gasteiger charge is 2.31. The summed E-state index contributed by atoms with van der Waals surface area (Å²) in [6.07, 6.45) is 8.50. The van der Waals surface area contributed by atoms with Gasteiger partial charge in [-0.15, -0.1) is 0 Å². The van der Waals surface area contributed by atoms with Gasteiger partial charge < -0.3 is 9.73 Å². The molecule has 6 heteroatoms. The van der Waals surface area contributed by atoms with E-state index in [2.05, 4.69) is 15.4 Å². The van der Waals surface area contributed by atoms with Gasteiger partial charge in [-0.25, -0.2) is 9.67 Å². The predicted molar refractivity (Wildman–Crippen MR) is 62.7 cm³/mol. The number of allylic oxidation sites excluding steroid dienone is 1. The Morgan fingerprint density at radius 2 is 2.35 bits per heavy atom. The third-order valence-electron chi connectivity index (χ3n) is 2.48. The van der Waals surface area contributed by atoms with Gasteiger partial charge in [0, 0.05) is 18.6 Å². The second-order valence-electron chi connectivity index (χ2n) is 3.65. The molecule has 0 saturated carbocycles. The minimum Gasteiger partial charge on any atom is -0.463 e. The highest BCUT2D eigenvalue weighted by atomic mass is 16.3. The van der Waals surface area contributed by atoms with E-state index in [0.29, 0.717) is 5.76 Å². The first-order valence-corrected chi connectivity index (χ1v) is 5.14. The van der Waals surface area contributed by atoms with Gasteiger partial charge in [-0.05, 0) is 24.3 Å². The molecule has 0 spiro atoms. The molecule has 1 atom stereocenters. The normalized spacial score (nSPS) is 23.2. The Bertz CT molecular complexity index is 555. The van der Waals surface area contributed by atoms with Crippen molar-refractivity contribution in [1.82, 2.24) is 15.1 Å². The summed E-state index contributed by atoms with van der Waals surface area (Å²) in [5.74, 6) is 0.204. The van der Waals surface area contributed by atoms with Crippen LogP contribution < -0.4 is 11.1 Å². The zero-order chi connectivity index (χ0) is 11.7. The smallest absolute Gasteiger partial charge is 0.243 e. The van der Waals surface area contributed by atoms with E-state index in [1.807, 2.05) is 12.3 Å². The second kappa shape index (κ2) is 3.60. The molecule has 3 heterocycles. The van der Waals surface area contributed by atoms with E-state index in [4.69, 9.17) is 10.2 Å². The van der Waals surface area contributed by atoms with Crippen molar-refractivity contribution in [3.63, 3.8) is 0 Å². The molecule has 2 aromatic rings. The summed E-state index contributed by atoms with van der Waals surface area (Å²) >= 11 is 0. The van der Waals surface area contributed by atoms with Gasteiger partial charge in [0.25, 0.3) is 0 Å². The molecular weight excluding hydrogens is 218 g/mol. The van der Waals surface area contributed by atoms with Crippen molar-refractivity contribution in [3.8, 4) is 0 Å². The number of hydrogen-bond donors (Lipinski definition) is 2. The molecule has 1 aliphatic heterocycles. The number of nitrogens with one attached hydrogen (secondary N) is 1. The fourth-order valence-corrected chi connectivity index (χ4v) is 1.66. The van der Waals surface area contributed by atoms with Gasteiger partial charge in [0.2, 0.25) is 5.79 Å².